The topological polar surface area (TPSA) is 55.4 Å². The molecule has 0 spiro atoms. The van der Waals surface area contributed by atoms with E-state index < -0.39 is 11.9 Å². The van der Waals surface area contributed by atoms with Gasteiger partial charge in [-0.2, -0.15) is 0 Å². The largest absolute Gasteiger partial charge is 0.454 e. The number of amides is 1. The van der Waals surface area contributed by atoms with E-state index >= 15 is 0 Å². The third-order valence-corrected chi connectivity index (χ3v) is 4.04. The van der Waals surface area contributed by atoms with Gasteiger partial charge >= 0.3 is 11.9 Å². The number of fused-ring (bicyclic) bond motifs is 1. The van der Waals surface area contributed by atoms with Crippen molar-refractivity contribution < 1.29 is 14.3 Å². The number of carbonyl (C=O) groups excluding carboxylic acids is 2. The van der Waals surface area contributed by atoms with Crippen LogP contribution in [0.4, 0.5) is 0 Å². The fraction of sp³-hybridized carbons (Fsp3) is 0.143. The van der Waals surface area contributed by atoms with Crippen molar-refractivity contribution >= 4 is 22.6 Å². The Balaban J connectivity index is 1.64. The minimum Gasteiger partial charge on any atom is -0.454 e. The Morgan fingerprint density at radius 1 is 0.920 bits per heavy atom. The Kier molecular flexibility index (Phi) is 5.09. The van der Waals surface area contributed by atoms with Crippen LogP contribution in [0.15, 0.2) is 72.8 Å². The number of carbonyl (C=O) groups is 2. The zero-order chi connectivity index (χ0) is 17.6. The minimum atomic E-state index is -0.879. The summed E-state index contributed by atoms with van der Waals surface area (Å²) in [5, 5.41) is 4.85. The van der Waals surface area contributed by atoms with Gasteiger partial charge in [-0.1, -0.05) is 72.8 Å². The van der Waals surface area contributed by atoms with Gasteiger partial charge in [0.15, 0.2) is 0 Å². The van der Waals surface area contributed by atoms with Crippen molar-refractivity contribution in [3.05, 3.63) is 83.9 Å². The van der Waals surface area contributed by atoms with Gasteiger partial charge in [0.1, 0.15) is 6.61 Å². The summed E-state index contributed by atoms with van der Waals surface area (Å²) < 4.78 is 5.06. The van der Waals surface area contributed by atoms with Crippen LogP contribution in [0.1, 0.15) is 24.1 Å². The zero-order valence-corrected chi connectivity index (χ0v) is 13.9. The Bertz CT molecular complexity index is 885. The van der Waals surface area contributed by atoms with Crippen molar-refractivity contribution in [3.63, 3.8) is 0 Å². The highest BCUT2D eigenvalue weighted by Gasteiger charge is 2.19. The molecule has 0 fully saturated rings. The van der Waals surface area contributed by atoms with Crippen LogP contribution >= 0.6 is 0 Å². The molecule has 1 unspecified atom stereocenters. The van der Waals surface area contributed by atoms with Gasteiger partial charge in [-0.25, -0.2) is 4.79 Å². The van der Waals surface area contributed by atoms with Crippen LogP contribution in [0.3, 0.4) is 0 Å². The van der Waals surface area contributed by atoms with Gasteiger partial charge in [-0.05, 0) is 28.8 Å². The fourth-order valence-corrected chi connectivity index (χ4v) is 2.75. The predicted molar refractivity (Wildman–Crippen MR) is 96.7 cm³/mol. The summed E-state index contributed by atoms with van der Waals surface area (Å²) in [5.41, 5.74) is 1.80. The first-order valence-corrected chi connectivity index (χ1v) is 8.14. The predicted octanol–water partition coefficient (Wildman–Crippen LogP) is 3.76. The van der Waals surface area contributed by atoms with E-state index in [1.54, 1.807) is 0 Å². The average Bonchev–Trinajstić information content (AvgIpc) is 2.66. The molecule has 0 saturated heterocycles. The summed E-state index contributed by atoms with van der Waals surface area (Å²) in [7, 11) is 0. The SMILES string of the molecule is CC(NC(=O)C(=O)OCc1ccccc1)c1cccc2ccccc12. The monoisotopic (exact) mass is 333 g/mol. The molecule has 0 bridgehead atoms. The highest BCUT2D eigenvalue weighted by Crippen LogP contribution is 2.23. The fourth-order valence-electron chi connectivity index (χ4n) is 2.75. The first kappa shape index (κ1) is 16.7. The number of nitrogens with one attached hydrogen (secondary N) is 1. The van der Waals surface area contributed by atoms with Crippen molar-refractivity contribution in [3.8, 4) is 0 Å². The quantitative estimate of drug-likeness (QED) is 0.584. The van der Waals surface area contributed by atoms with Crippen LogP contribution in [-0.4, -0.2) is 11.9 Å². The third-order valence-electron chi connectivity index (χ3n) is 4.04. The molecule has 1 N–H and O–H groups in total. The number of rotatable bonds is 4. The zero-order valence-electron chi connectivity index (χ0n) is 13.9. The lowest BCUT2D eigenvalue weighted by Crippen LogP contribution is -2.34. The molecule has 0 aromatic heterocycles. The van der Waals surface area contributed by atoms with Gasteiger partial charge in [0, 0.05) is 0 Å². The molecule has 0 aliphatic heterocycles. The standard InChI is InChI=1S/C21H19NO3/c1-15(18-13-7-11-17-10-5-6-12-19(17)18)22-20(23)21(24)25-14-16-8-3-2-4-9-16/h2-13,15H,14H2,1H3,(H,22,23). The molecule has 3 aromatic carbocycles. The Hall–Kier alpha value is -3.14. The van der Waals surface area contributed by atoms with E-state index in [4.69, 9.17) is 4.74 Å². The lowest BCUT2D eigenvalue weighted by molar-refractivity contribution is -0.156. The number of esters is 1. The maximum absolute atomic E-state index is 12.1. The lowest BCUT2D eigenvalue weighted by Gasteiger charge is -2.16. The second-order valence-corrected chi connectivity index (χ2v) is 5.83. The van der Waals surface area contributed by atoms with E-state index in [1.165, 1.54) is 0 Å². The van der Waals surface area contributed by atoms with Crippen LogP contribution in [0.25, 0.3) is 10.8 Å². The second-order valence-electron chi connectivity index (χ2n) is 5.83. The molecule has 3 rings (SSSR count). The number of hydrogen-bond donors (Lipinski definition) is 1. The molecule has 0 aliphatic rings. The Labute approximate surface area is 146 Å². The summed E-state index contributed by atoms with van der Waals surface area (Å²) >= 11 is 0. The van der Waals surface area contributed by atoms with E-state index in [9.17, 15) is 9.59 Å². The number of benzene rings is 3. The van der Waals surface area contributed by atoms with Crippen molar-refractivity contribution in [2.45, 2.75) is 19.6 Å². The second kappa shape index (κ2) is 7.62. The van der Waals surface area contributed by atoms with E-state index in [2.05, 4.69) is 5.32 Å². The molecular weight excluding hydrogens is 314 g/mol. The Morgan fingerprint density at radius 3 is 2.40 bits per heavy atom. The highest BCUT2D eigenvalue weighted by atomic mass is 16.5. The van der Waals surface area contributed by atoms with Gasteiger partial charge in [0.25, 0.3) is 0 Å². The molecule has 126 valence electrons. The van der Waals surface area contributed by atoms with Gasteiger partial charge in [0.2, 0.25) is 0 Å². The molecule has 4 heteroatoms. The molecule has 0 saturated carbocycles. The maximum atomic E-state index is 12.1. The van der Waals surface area contributed by atoms with Crippen LogP contribution in [-0.2, 0) is 20.9 Å². The molecule has 4 nitrogen and oxygen atoms in total. The van der Waals surface area contributed by atoms with E-state index in [1.807, 2.05) is 79.7 Å². The molecule has 1 atom stereocenters. The molecule has 0 heterocycles. The third kappa shape index (κ3) is 4.04. The molecule has 1 amide bonds. The van der Waals surface area contributed by atoms with Crippen LogP contribution in [0.5, 0.6) is 0 Å². The number of ether oxygens (including phenoxy) is 1. The van der Waals surface area contributed by atoms with E-state index in [0.29, 0.717) is 0 Å². The van der Waals surface area contributed by atoms with Crippen molar-refractivity contribution in [2.75, 3.05) is 0 Å². The summed E-state index contributed by atoms with van der Waals surface area (Å²) in [6, 6.07) is 22.8. The maximum Gasteiger partial charge on any atom is 0.397 e. The van der Waals surface area contributed by atoms with Crippen molar-refractivity contribution in [1.82, 2.24) is 5.32 Å². The first-order valence-electron chi connectivity index (χ1n) is 8.14. The van der Waals surface area contributed by atoms with E-state index in [0.717, 1.165) is 21.9 Å². The lowest BCUT2D eigenvalue weighted by atomic mass is 10.00. The summed E-state index contributed by atoms with van der Waals surface area (Å²) in [6.45, 7) is 1.93. The molecule has 25 heavy (non-hydrogen) atoms. The van der Waals surface area contributed by atoms with Crippen LogP contribution in [0.2, 0.25) is 0 Å². The van der Waals surface area contributed by atoms with Crippen LogP contribution in [0, 0.1) is 0 Å². The molecule has 0 radical (unpaired) electrons. The highest BCUT2D eigenvalue weighted by molar-refractivity contribution is 6.32. The van der Waals surface area contributed by atoms with Crippen LogP contribution < -0.4 is 5.32 Å². The summed E-state index contributed by atoms with van der Waals surface area (Å²) in [6.07, 6.45) is 0. The molecule has 0 aliphatic carbocycles. The van der Waals surface area contributed by atoms with Crippen molar-refractivity contribution in [2.24, 2.45) is 0 Å². The average molecular weight is 333 g/mol. The van der Waals surface area contributed by atoms with Gasteiger partial charge < -0.3 is 10.1 Å². The molecule has 3 aromatic rings. The smallest absolute Gasteiger partial charge is 0.397 e. The Morgan fingerprint density at radius 2 is 1.60 bits per heavy atom. The first-order chi connectivity index (χ1) is 12.1. The van der Waals surface area contributed by atoms with Gasteiger partial charge in [0.05, 0.1) is 6.04 Å². The van der Waals surface area contributed by atoms with Gasteiger partial charge in [-0.15, -0.1) is 0 Å². The normalized spacial score (nSPS) is 11.7. The van der Waals surface area contributed by atoms with Gasteiger partial charge in [-0.3, -0.25) is 4.79 Å². The number of hydrogen-bond acceptors (Lipinski definition) is 3. The molecular formula is C21H19NO3. The minimum absolute atomic E-state index is 0.0791. The summed E-state index contributed by atoms with van der Waals surface area (Å²) in [5.74, 6) is -1.62. The van der Waals surface area contributed by atoms with Crippen molar-refractivity contribution in [1.29, 1.82) is 0 Å². The van der Waals surface area contributed by atoms with E-state index in [-0.39, 0.29) is 12.6 Å². The summed E-state index contributed by atoms with van der Waals surface area (Å²) in [4.78, 5) is 24.0.